The van der Waals surface area contributed by atoms with Gasteiger partial charge in [-0.2, -0.15) is 0 Å². The Bertz CT molecular complexity index is 3550. The van der Waals surface area contributed by atoms with E-state index in [1.54, 1.807) is 0 Å². The lowest BCUT2D eigenvalue weighted by Gasteiger charge is -2.16. The van der Waals surface area contributed by atoms with Gasteiger partial charge in [0.1, 0.15) is 0 Å². The SMILES string of the molecule is c1ccc2c(c1)ccc1ccc3c(-c4ccc5c6c4ccc4ccc7c(-c8ccc9ccc%10cccc%11ccc8c9c%10%11)ccc-5c7c46)cccc3c12. The second kappa shape index (κ2) is 9.51. The van der Waals surface area contributed by atoms with E-state index >= 15 is 0 Å². The van der Waals surface area contributed by atoms with Gasteiger partial charge in [0.15, 0.2) is 0 Å². The van der Waals surface area contributed by atoms with E-state index in [1.807, 2.05) is 0 Å². The van der Waals surface area contributed by atoms with Gasteiger partial charge in [-0.3, -0.25) is 0 Å². The molecule has 0 saturated heterocycles. The molecule has 0 saturated carbocycles. The lowest BCUT2D eigenvalue weighted by Crippen LogP contribution is -1.88. The monoisotopic (exact) mass is 652 g/mol. The molecule has 0 aliphatic heterocycles. The van der Waals surface area contributed by atoms with E-state index in [2.05, 4.69) is 170 Å². The molecular formula is C52H28. The number of hydrogen-bond donors (Lipinski definition) is 0. The lowest BCUT2D eigenvalue weighted by molar-refractivity contribution is 1.70. The Hall–Kier alpha value is -6.76. The molecule has 1 aliphatic rings. The molecular weight excluding hydrogens is 625 g/mol. The fraction of sp³-hybridized carbons (Fsp3) is 0. The summed E-state index contributed by atoms with van der Waals surface area (Å²) in [6.45, 7) is 0. The van der Waals surface area contributed by atoms with Gasteiger partial charge >= 0.3 is 0 Å². The largest absolute Gasteiger partial charge is 0.0616 e. The Morgan fingerprint density at radius 1 is 0.154 bits per heavy atom. The number of benzene rings is 12. The van der Waals surface area contributed by atoms with Crippen LogP contribution in [0.3, 0.4) is 0 Å². The van der Waals surface area contributed by atoms with Gasteiger partial charge in [0.25, 0.3) is 0 Å². The van der Waals surface area contributed by atoms with E-state index in [4.69, 9.17) is 0 Å². The molecule has 0 heteroatoms. The van der Waals surface area contributed by atoms with Crippen molar-refractivity contribution in [2.24, 2.45) is 0 Å². The van der Waals surface area contributed by atoms with Gasteiger partial charge in [-0.15, -0.1) is 0 Å². The van der Waals surface area contributed by atoms with Crippen molar-refractivity contribution in [1.82, 2.24) is 0 Å². The Balaban J connectivity index is 1.08. The maximum atomic E-state index is 2.39. The molecule has 0 spiro atoms. The highest BCUT2D eigenvalue weighted by Gasteiger charge is 2.25. The van der Waals surface area contributed by atoms with Crippen LogP contribution in [0.1, 0.15) is 0 Å². The smallest absolute Gasteiger partial charge is 0.00139 e. The number of rotatable bonds is 2. The first-order valence-corrected chi connectivity index (χ1v) is 18.3. The molecule has 0 nitrogen and oxygen atoms in total. The molecule has 0 amide bonds. The summed E-state index contributed by atoms with van der Waals surface area (Å²) in [7, 11) is 0. The first-order valence-electron chi connectivity index (χ1n) is 18.3. The summed E-state index contributed by atoms with van der Waals surface area (Å²) in [6, 6.07) is 64.2. The predicted molar refractivity (Wildman–Crippen MR) is 225 cm³/mol. The minimum Gasteiger partial charge on any atom is -0.0616 e. The first-order chi connectivity index (χ1) is 25.8. The summed E-state index contributed by atoms with van der Waals surface area (Å²) < 4.78 is 0. The van der Waals surface area contributed by atoms with Gasteiger partial charge in [0.05, 0.1) is 0 Å². The topological polar surface area (TPSA) is 0 Å². The molecule has 0 fully saturated rings. The highest BCUT2D eigenvalue weighted by molar-refractivity contribution is 6.36. The van der Waals surface area contributed by atoms with Crippen LogP contribution in [0.4, 0.5) is 0 Å². The van der Waals surface area contributed by atoms with Crippen molar-refractivity contribution in [3.63, 3.8) is 0 Å². The Labute approximate surface area is 299 Å². The Kier molecular flexibility index (Phi) is 4.94. The molecule has 0 heterocycles. The number of hydrogen-bond acceptors (Lipinski definition) is 0. The van der Waals surface area contributed by atoms with E-state index in [0.717, 1.165) is 0 Å². The van der Waals surface area contributed by atoms with Crippen molar-refractivity contribution in [2.45, 2.75) is 0 Å². The third kappa shape index (κ3) is 3.29. The molecule has 1 aliphatic carbocycles. The maximum absolute atomic E-state index is 2.39. The third-order valence-electron chi connectivity index (χ3n) is 12.3. The van der Waals surface area contributed by atoms with Gasteiger partial charge in [-0.05, 0) is 130 Å². The fourth-order valence-corrected chi connectivity index (χ4v) is 10.1. The molecule has 0 unspecified atom stereocenters. The second-order valence-corrected chi connectivity index (χ2v) is 14.7. The molecule has 13 rings (SSSR count). The quantitative estimate of drug-likeness (QED) is 0.163. The van der Waals surface area contributed by atoms with Gasteiger partial charge < -0.3 is 0 Å². The molecule has 12 aromatic rings. The first kappa shape index (κ1) is 27.0. The molecule has 52 heavy (non-hydrogen) atoms. The normalized spacial score (nSPS) is 12.6. The van der Waals surface area contributed by atoms with Crippen molar-refractivity contribution in [3.05, 3.63) is 170 Å². The maximum Gasteiger partial charge on any atom is -0.00139 e. The fourth-order valence-electron chi connectivity index (χ4n) is 10.1. The summed E-state index contributed by atoms with van der Waals surface area (Å²) in [5.41, 5.74) is 7.87. The standard InChI is InChI=1S/C52H28/c1-2-8-35-29(5-1)11-12-32-15-20-37-36(9-4-10-41(37)48(32)35)39-25-27-45-46-28-26-40(44-24-19-34-18-23-43(39)51(45)50(34)52(44)46)38-21-16-33-14-13-30-6-3-7-31-17-22-42(38)49(33)47(30)31/h1-28H. The van der Waals surface area contributed by atoms with Crippen LogP contribution in [-0.4, -0.2) is 0 Å². The molecule has 236 valence electrons. The van der Waals surface area contributed by atoms with Crippen LogP contribution < -0.4 is 0 Å². The highest BCUT2D eigenvalue weighted by Crippen LogP contribution is 2.52. The van der Waals surface area contributed by atoms with E-state index < -0.39 is 0 Å². The van der Waals surface area contributed by atoms with Crippen molar-refractivity contribution < 1.29 is 0 Å². The average Bonchev–Trinajstić information content (AvgIpc) is 3.55. The average molecular weight is 653 g/mol. The summed E-state index contributed by atoms with van der Waals surface area (Å²) >= 11 is 0. The second-order valence-electron chi connectivity index (χ2n) is 14.7. The van der Waals surface area contributed by atoms with Crippen molar-refractivity contribution in [3.8, 4) is 33.4 Å². The van der Waals surface area contributed by atoms with Crippen LogP contribution in [0.2, 0.25) is 0 Å². The molecule has 0 radical (unpaired) electrons. The van der Waals surface area contributed by atoms with Crippen LogP contribution >= 0.6 is 0 Å². The minimum atomic E-state index is 1.28. The van der Waals surface area contributed by atoms with Crippen LogP contribution in [0.5, 0.6) is 0 Å². The van der Waals surface area contributed by atoms with E-state index in [1.165, 1.54) is 130 Å². The van der Waals surface area contributed by atoms with Crippen molar-refractivity contribution in [1.29, 1.82) is 0 Å². The van der Waals surface area contributed by atoms with Gasteiger partial charge in [0.2, 0.25) is 0 Å². The van der Waals surface area contributed by atoms with Crippen molar-refractivity contribution in [2.75, 3.05) is 0 Å². The molecule has 12 aromatic carbocycles. The zero-order chi connectivity index (χ0) is 33.7. The molecule has 0 bridgehead atoms. The molecule has 0 N–H and O–H groups in total. The summed E-state index contributed by atoms with van der Waals surface area (Å²) in [5.74, 6) is 0. The van der Waals surface area contributed by atoms with Crippen LogP contribution in [0.15, 0.2) is 170 Å². The third-order valence-corrected chi connectivity index (χ3v) is 12.3. The summed E-state index contributed by atoms with van der Waals surface area (Å²) in [5, 5.41) is 23.9. The predicted octanol–water partition coefficient (Wildman–Crippen LogP) is 14.8. The number of fused-ring (bicyclic) bond motifs is 6. The zero-order valence-corrected chi connectivity index (χ0v) is 28.2. The lowest BCUT2D eigenvalue weighted by atomic mass is 9.87. The summed E-state index contributed by atoms with van der Waals surface area (Å²) in [6.07, 6.45) is 0. The molecule has 0 atom stereocenters. The molecule has 0 aromatic heterocycles. The zero-order valence-electron chi connectivity index (χ0n) is 28.2. The van der Waals surface area contributed by atoms with E-state index in [0.29, 0.717) is 0 Å². The van der Waals surface area contributed by atoms with Crippen LogP contribution in [-0.2, 0) is 0 Å². The van der Waals surface area contributed by atoms with Gasteiger partial charge in [-0.1, -0.05) is 170 Å². The summed E-state index contributed by atoms with van der Waals surface area (Å²) in [4.78, 5) is 0. The van der Waals surface area contributed by atoms with E-state index in [9.17, 15) is 0 Å². The van der Waals surface area contributed by atoms with Crippen LogP contribution in [0.25, 0.3) is 130 Å². The Morgan fingerprint density at radius 2 is 0.558 bits per heavy atom. The highest BCUT2D eigenvalue weighted by atomic mass is 14.3. The van der Waals surface area contributed by atoms with E-state index in [-0.39, 0.29) is 0 Å². The van der Waals surface area contributed by atoms with Crippen LogP contribution in [0, 0.1) is 0 Å². The minimum absolute atomic E-state index is 1.28. The Morgan fingerprint density at radius 3 is 1.25 bits per heavy atom. The van der Waals surface area contributed by atoms with Gasteiger partial charge in [-0.25, -0.2) is 0 Å². The van der Waals surface area contributed by atoms with Crippen molar-refractivity contribution >= 4 is 97.0 Å². The van der Waals surface area contributed by atoms with Gasteiger partial charge in [0, 0.05) is 0 Å².